The standard InChI is InChI=1S/C20H21N5O3/c1-2-28-17-5-3-4-15-18(17)12(11-22-15)8-9-21-19(26)23-13-6-7-14-16(10-13)25-20(27)24-14/h3-7,10-11,22H,2,8-9H2,1H3,(H2,21,23,26)(H2,24,25,27). The number of carbonyl (C=O) groups excluding carboxylic acids is 1. The highest BCUT2D eigenvalue weighted by atomic mass is 16.5. The van der Waals surface area contributed by atoms with Crippen LogP contribution >= 0.6 is 0 Å². The summed E-state index contributed by atoms with van der Waals surface area (Å²) in [6, 6.07) is 10.8. The number of anilines is 1. The molecule has 0 aliphatic carbocycles. The Hall–Kier alpha value is -3.68. The lowest BCUT2D eigenvalue weighted by Gasteiger charge is -2.09. The Bertz CT molecular complexity index is 1190. The zero-order chi connectivity index (χ0) is 19.5. The molecule has 0 unspecified atom stereocenters. The summed E-state index contributed by atoms with van der Waals surface area (Å²) in [5.41, 5.74) is 3.77. The number of fused-ring (bicyclic) bond motifs is 2. The molecule has 0 saturated heterocycles. The van der Waals surface area contributed by atoms with Crippen LogP contribution in [0.25, 0.3) is 21.9 Å². The quantitative estimate of drug-likeness (QED) is 0.354. The number of aromatic amines is 3. The van der Waals surface area contributed by atoms with Crippen molar-refractivity contribution in [1.29, 1.82) is 0 Å². The number of benzene rings is 2. The van der Waals surface area contributed by atoms with Crippen LogP contribution in [0.1, 0.15) is 12.5 Å². The topological polar surface area (TPSA) is 115 Å². The molecule has 8 heteroatoms. The van der Waals surface area contributed by atoms with Gasteiger partial charge in [-0.1, -0.05) is 6.07 Å². The number of rotatable bonds is 6. The number of nitrogens with one attached hydrogen (secondary N) is 5. The Morgan fingerprint density at radius 1 is 1.11 bits per heavy atom. The zero-order valence-corrected chi connectivity index (χ0v) is 15.4. The Labute approximate surface area is 160 Å². The van der Waals surface area contributed by atoms with E-state index in [2.05, 4.69) is 25.6 Å². The third kappa shape index (κ3) is 3.57. The molecule has 0 aliphatic heterocycles. The summed E-state index contributed by atoms with van der Waals surface area (Å²) in [5, 5.41) is 6.68. The van der Waals surface area contributed by atoms with E-state index in [1.54, 1.807) is 18.2 Å². The van der Waals surface area contributed by atoms with E-state index < -0.39 is 0 Å². The van der Waals surface area contributed by atoms with Gasteiger partial charge in [-0.15, -0.1) is 0 Å². The summed E-state index contributed by atoms with van der Waals surface area (Å²) in [5.74, 6) is 0.842. The van der Waals surface area contributed by atoms with Crippen LogP contribution < -0.4 is 21.1 Å². The molecule has 2 amide bonds. The van der Waals surface area contributed by atoms with Gasteiger partial charge < -0.3 is 30.3 Å². The maximum absolute atomic E-state index is 12.2. The van der Waals surface area contributed by atoms with Crippen LogP contribution in [-0.2, 0) is 6.42 Å². The van der Waals surface area contributed by atoms with Crippen LogP contribution in [0.4, 0.5) is 10.5 Å². The summed E-state index contributed by atoms with van der Waals surface area (Å²) < 4.78 is 5.71. The molecule has 4 aromatic rings. The fourth-order valence-corrected chi connectivity index (χ4v) is 3.29. The van der Waals surface area contributed by atoms with Gasteiger partial charge in [0.05, 0.1) is 17.6 Å². The normalized spacial score (nSPS) is 11.0. The molecule has 0 saturated carbocycles. The van der Waals surface area contributed by atoms with Gasteiger partial charge in [-0.05, 0) is 49.2 Å². The predicted molar refractivity (Wildman–Crippen MR) is 109 cm³/mol. The van der Waals surface area contributed by atoms with Crippen LogP contribution in [0, 0.1) is 0 Å². The van der Waals surface area contributed by atoms with Crippen molar-refractivity contribution in [2.45, 2.75) is 13.3 Å². The third-order valence-corrected chi connectivity index (χ3v) is 4.50. The molecule has 2 heterocycles. The van der Waals surface area contributed by atoms with Gasteiger partial charge in [0.2, 0.25) is 0 Å². The molecule has 144 valence electrons. The molecule has 4 rings (SSSR count). The van der Waals surface area contributed by atoms with E-state index in [9.17, 15) is 9.59 Å². The minimum Gasteiger partial charge on any atom is -0.493 e. The molecular formula is C20H21N5O3. The van der Waals surface area contributed by atoms with E-state index in [0.29, 0.717) is 36.3 Å². The van der Waals surface area contributed by atoms with E-state index >= 15 is 0 Å². The number of hydrogen-bond donors (Lipinski definition) is 5. The van der Waals surface area contributed by atoms with Crippen molar-refractivity contribution in [2.24, 2.45) is 0 Å². The first-order valence-electron chi connectivity index (χ1n) is 9.12. The highest BCUT2D eigenvalue weighted by Crippen LogP contribution is 2.29. The van der Waals surface area contributed by atoms with Gasteiger partial charge in [0.15, 0.2) is 0 Å². The minimum atomic E-state index is -0.304. The van der Waals surface area contributed by atoms with Crippen LogP contribution in [0.3, 0.4) is 0 Å². The molecular weight excluding hydrogens is 358 g/mol. The fraction of sp³-hybridized carbons (Fsp3) is 0.200. The molecule has 2 aromatic heterocycles. The second kappa shape index (κ2) is 7.51. The van der Waals surface area contributed by atoms with E-state index in [4.69, 9.17) is 4.74 Å². The number of urea groups is 1. The van der Waals surface area contributed by atoms with Gasteiger partial charge >= 0.3 is 11.7 Å². The van der Waals surface area contributed by atoms with E-state index in [1.807, 2.05) is 31.3 Å². The molecule has 28 heavy (non-hydrogen) atoms. The van der Waals surface area contributed by atoms with Gasteiger partial charge in [0, 0.05) is 29.3 Å². The van der Waals surface area contributed by atoms with Crippen LogP contribution in [-0.4, -0.2) is 34.1 Å². The molecule has 0 bridgehead atoms. The van der Waals surface area contributed by atoms with Crippen molar-refractivity contribution in [3.63, 3.8) is 0 Å². The van der Waals surface area contributed by atoms with Crippen molar-refractivity contribution < 1.29 is 9.53 Å². The van der Waals surface area contributed by atoms with Gasteiger partial charge in [-0.25, -0.2) is 9.59 Å². The van der Waals surface area contributed by atoms with Crippen molar-refractivity contribution >= 4 is 33.7 Å². The SMILES string of the molecule is CCOc1cccc2[nH]cc(CCNC(=O)Nc3ccc4[nH]c(=O)[nH]c4c3)c12. The maximum atomic E-state index is 12.2. The Kier molecular flexibility index (Phi) is 4.76. The Morgan fingerprint density at radius 3 is 2.82 bits per heavy atom. The maximum Gasteiger partial charge on any atom is 0.323 e. The van der Waals surface area contributed by atoms with Gasteiger partial charge in [-0.2, -0.15) is 0 Å². The first-order valence-corrected chi connectivity index (χ1v) is 9.12. The van der Waals surface area contributed by atoms with Crippen LogP contribution in [0.15, 0.2) is 47.4 Å². The lowest BCUT2D eigenvalue weighted by molar-refractivity contribution is 0.252. The van der Waals surface area contributed by atoms with Crippen molar-refractivity contribution in [1.82, 2.24) is 20.3 Å². The summed E-state index contributed by atoms with van der Waals surface area (Å²) in [7, 11) is 0. The first-order chi connectivity index (χ1) is 13.6. The average molecular weight is 379 g/mol. The average Bonchev–Trinajstić information content (AvgIpc) is 3.25. The zero-order valence-electron chi connectivity index (χ0n) is 15.4. The van der Waals surface area contributed by atoms with Gasteiger partial charge in [0.1, 0.15) is 5.75 Å². The first kappa shape index (κ1) is 17.7. The number of imidazole rings is 1. The number of amides is 2. The smallest absolute Gasteiger partial charge is 0.323 e. The lowest BCUT2D eigenvalue weighted by Crippen LogP contribution is -2.30. The summed E-state index contributed by atoms with van der Waals surface area (Å²) in [4.78, 5) is 32.1. The monoisotopic (exact) mass is 379 g/mol. The number of hydrogen-bond acceptors (Lipinski definition) is 3. The molecule has 0 atom stereocenters. The van der Waals surface area contributed by atoms with Crippen molar-refractivity contribution in [3.05, 3.63) is 58.6 Å². The van der Waals surface area contributed by atoms with E-state index in [-0.39, 0.29) is 11.7 Å². The molecule has 8 nitrogen and oxygen atoms in total. The lowest BCUT2D eigenvalue weighted by atomic mass is 10.1. The molecule has 0 fully saturated rings. The minimum absolute atomic E-state index is 0.276. The predicted octanol–water partition coefficient (Wildman–Crippen LogP) is 3.10. The largest absolute Gasteiger partial charge is 0.493 e. The van der Waals surface area contributed by atoms with E-state index in [0.717, 1.165) is 22.2 Å². The molecule has 0 radical (unpaired) electrons. The number of carbonyl (C=O) groups is 1. The summed E-state index contributed by atoms with van der Waals surface area (Å²) >= 11 is 0. The number of ether oxygens (including phenoxy) is 1. The second-order valence-corrected chi connectivity index (χ2v) is 6.40. The molecule has 0 spiro atoms. The van der Waals surface area contributed by atoms with Crippen LogP contribution in [0.5, 0.6) is 5.75 Å². The highest BCUT2D eigenvalue weighted by molar-refractivity contribution is 5.92. The van der Waals surface area contributed by atoms with E-state index in [1.165, 1.54) is 0 Å². The fourth-order valence-electron chi connectivity index (χ4n) is 3.29. The van der Waals surface area contributed by atoms with Crippen molar-refractivity contribution in [2.75, 3.05) is 18.5 Å². The third-order valence-electron chi connectivity index (χ3n) is 4.50. The Balaban J connectivity index is 1.38. The molecule has 0 aliphatic rings. The van der Waals surface area contributed by atoms with Crippen molar-refractivity contribution in [3.8, 4) is 5.75 Å². The van der Waals surface area contributed by atoms with Crippen LogP contribution in [0.2, 0.25) is 0 Å². The summed E-state index contributed by atoms with van der Waals surface area (Å²) in [6.07, 6.45) is 2.62. The number of H-pyrrole nitrogens is 3. The highest BCUT2D eigenvalue weighted by Gasteiger charge is 2.10. The second-order valence-electron chi connectivity index (χ2n) is 6.40. The molecule has 2 aromatic carbocycles. The molecule has 5 N–H and O–H groups in total. The summed E-state index contributed by atoms with van der Waals surface area (Å²) in [6.45, 7) is 3.03. The Morgan fingerprint density at radius 2 is 1.96 bits per heavy atom. The van der Waals surface area contributed by atoms with Gasteiger partial charge in [-0.3, -0.25) is 0 Å². The number of aromatic nitrogens is 3. The van der Waals surface area contributed by atoms with Gasteiger partial charge in [0.25, 0.3) is 0 Å².